The third kappa shape index (κ3) is 37.2. The Balaban J connectivity index is 6.55. The quantitative estimate of drug-likeness (QED) is 0.0243. The van der Waals surface area contributed by atoms with Crippen LogP contribution in [0, 0.1) is 16.2 Å². The molecule has 28 heteroatoms. The van der Waals surface area contributed by atoms with Crippen molar-refractivity contribution >= 4 is 39.1 Å². The molecule has 0 aliphatic carbocycles. The number of rotatable bonds is 54. The van der Waals surface area contributed by atoms with Crippen molar-refractivity contribution in [2.75, 3.05) is 85.9 Å². The van der Waals surface area contributed by atoms with E-state index >= 15 is 0 Å². The van der Waals surface area contributed by atoms with Gasteiger partial charge in [-0.2, -0.15) is 0 Å². The van der Waals surface area contributed by atoms with Gasteiger partial charge in [0.1, 0.15) is 12.2 Å². The summed E-state index contributed by atoms with van der Waals surface area (Å²) in [5, 5.41) is 9.04. The Hall–Kier alpha value is 0.430. The predicted molar refractivity (Wildman–Crippen MR) is 286 cm³/mol. The molecule has 23 nitrogen and oxygen atoms in total. The van der Waals surface area contributed by atoms with Crippen LogP contribution in [0.5, 0.6) is 0 Å². The van der Waals surface area contributed by atoms with Gasteiger partial charge < -0.3 is 39.0 Å². The van der Waals surface area contributed by atoms with Crippen molar-refractivity contribution in [3.05, 3.63) is 0 Å². The van der Waals surface area contributed by atoms with E-state index in [0.717, 1.165) is 77.0 Å². The zero-order chi connectivity index (χ0) is 57.0. The van der Waals surface area contributed by atoms with E-state index < -0.39 is 89.8 Å². The normalized spacial score (nSPS) is 18.3. The third-order valence-electron chi connectivity index (χ3n) is 12.1. The minimum absolute atomic E-state index is 0.0120. The number of hydrogen-bond acceptors (Lipinski definition) is 18. The molecule has 0 bridgehead atoms. The van der Waals surface area contributed by atoms with Gasteiger partial charge in [-0.15, -0.1) is 0 Å². The van der Waals surface area contributed by atoms with Crippen molar-refractivity contribution in [1.29, 1.82) is 0 Å². The van der Waals surface area contributed by atoms with Crippen LogP contribution in [0.15, 0.2) is 0 Å². The first kappa shape index (κ1) is 75.4. The highest BCUT2D eigenvalue weighted by Gasteiger charge is 2.40. The Morgan fingerprint density at radius 3 is 0.987 bits per heavy atom. The lowest BCUT2D eigenvalue weighted by Gasteiger charge is -2.34. The summed E-state index contributed by atoms with van der Waals surface area (Å²) in [7, 11) is -24.6. The van der Waals surface area contributed by atoms with Gasteiger partial charge in [-0.3, -0.25) is 45.2 Å². The lowest BCUT2D eigenvalue weighted by atomic mass is 9.76. The summed E-state index contributed by atoms with van der Waals surface area (Å²) in [5.74, 6) is 0. The van der Waals surface area contributed by atoms with Crippen molar-refractivity contribution in [1.82, 2.24) is 0 Å². The maximum Gasteiger partial charge on any atom is 0.472 e. The van der Waals surface area contributed by atoms with E-state index in [1.54, 1.807) is 0 Å². The Morgan fingerprint density at radius 1 is 0.360 bits per heavy atom. The summed E-state index contributed by atoms with van der Waals surface area (Å²) in [6.07, 6.45) is 12.1. The second-order valence-corrected chi connectivity index (χ2v) is 27.1. The molecular weight excluding hydrogens is 1090 g/mol. The summed E-state index contributed by atoms with van der Waals surface area (Å²) in [6.45, 7) is 12.6. The molecule has 0 spiro atoms. The molecule has 0 heterocycles. The number of ether oxygens (including phenoxy) is 2. The summed E-state index contributed by atoms with van der Waals surface area (Å²) in [5.41, 5.74) is -2.20. The molecule has 0 aromatic heterocycles. The number of aliphatic hydroxyl groups excluding tert-OH is 1. The second-order valence-electron chi connectivity index (χ2n) is 19.9. The number of phosphoric ester groups is 5. The van der Waals surface area contributed by atoms with Gasteiger partial charge in [0.15, 0.2) is 0 Å². The zero-order valence-electron chi connectivity index (χ0n) is 46.8. The fourth-order valence-electron chi connectivity index (χ4n) is 8.53. The highest BCUT2D eigenvalue weighted by Crippen LogP contribution is 2.52. The largest absolute Gasteiger partial charge is 0.472 e. The summed E-state index contributed by atoms with van der Waals surface area (Å²) in [4.78, 5) is 53.6. The molecule has 0 fully saturated rings. The average molecular weight is 1190 g/mol. The molecule has 0 rings (SSSR count). The fraction of sp³-hybridized carbons (Fsp3) is 1.00. The van der Waals surface area contributed by atoms with Gasteiger partial charge in [-0.25, -0.2) is 22.8 Å². The van der Waals surface area contributed by atoms with E-state index in [2.05, 4.69) is 41.5 Å². The molecule has 0 amide bonds. The minimum Gasteiger partial charge on any atom is -0.396 e. The fourth-order valence-corrected chi connectivity index (χ4v) is 13.1. The summed E-state index contributed by atoms with van der Waals surface area (Å²) >= 11 is 0. The molecule has 0 aromatic carbocycles. The number of unbranched alkanes of at least 4 members (excludes halogenated alkanes) is 5. The molecule has 6 N–H and O–H groups in total. The smallest absolute Gasteiger partial charge is 0.396 e. The average Bonchev–Trinajstić information content (AvgIpc) is 3.32. The van der Waals surface area contributed by atoms with Crippen LogP contribution in [-0.4, -0.2) is 128 Å². The van der Waals surface area contributed by atoms with Crippen molar-refractivity contribution in [3.63, 3.8) is 0 Å². The Bertz CT molecular complexity index is 1570. The summed E-state index contributed by atoms with van der Waals surface area (Å²) < 4.78 is 131. The van der Waals surface area contributed by atoms with E-state index in [0.29, 0.717) is 51.4 Å². The van der Waals surface area contributed by atoms with Crippen LogP contribution in [0.3, 0.4) is 0 Å². The van der Waals surface area contributed by atoms with Gasteiger partial charge in [-0.1, -0.05) is 127 Å². The molecule has 0 radical (unpaired) electrons. The van der Waals surface area contributed by atoms with Gasteiger partial charge in [0.25, 0.3) is 0 Å². The van der Waals surface area contributed by atoms with E-state index in [1.807, 2.05) is 13.8 Å². The molecule has 7 atom stereocenters. The Kier molecular flexibility index (Phi) is 40.8. The lowest BCUT2D eigenvalue weighted by molar-refractivity contribution is -0.0411. The molecule has 0 aliphatic rings. The molecule has 0 saturated heterocycles. The molecule has 452 valence electrons. The van der Waals surface area contributed by atoms with Crippen molar-refractivity contribution < 1.29 is 107 Å². The Labute approximate surface area is 449 Å². The predicted octanol–water partition coefficient (Wildman–Crippen LogP) is 12.4. The summed E-state index contributed by atoms with van der Waals surface area (Å²) in [6, 6.07) is 0. The highest BCUT2D eigenvalue weighted by molar-refractivity contribution is 7.48. The van der Waals surface area contributed by atoms with Crippen molar-refractivity contribution in [2.45, 2.75) is 203 Å². The number of hydrogen-bond donors (Lipinski definition) is 6. The molecule has 75 heavy (non-hydrogen) atoms. The molecule has 0 aromatic rings. The molecule has 0 saturated carbocycles. The van der Waals surface area contributed by atoms with Crippen LogP contribution >= 0.6 is 39.1 Å². The minimum atomic E-state index is -5.18. The molecular formula is C47H101O23P5. The van der Waals surface area contributed by atoms with Crippen LogP contribution in [0.25, 0.3) is 0 Å². The SMILES string of the molecule is CCCCOP(=O)(O)OC(COCC(CCC)(CCC)CCC)COP(=O)(O)OCC(C)(COP(=O)(O)OCCCCCCO)COP(=O)(O)OCC(COCC(CCC)(CCC)CCC)OP(=O)(O)OCCCC. The molecule has 7 unspecified atom stereocenters. The van der Waals surface area contributed by atoms with E-state index in [4.69, 9.17) is 59.8 Å². The first-order chi connectivity index (χ1) is 35.2. The second kappa shape index (κ2) is 40.6. The topological polar surface area (TPSA) is 317 Å². The molecule has 0 aliphatic heterocycles. The lowest BCUT2D eigenvalue weighted by Crippen LogP contribution is -2.34. The van der Waals surface area contributed by atoms with Crippen LogP contribution in [0.1, 0.15) is 191 Å². The van der Waals surface area contributed by atoms with Gasteiger partial charge in [0.2, 0.25) is 0 Å². The van der Waals surface area contributed by atoms with Gasteiger partial charge in [0.05, 0.1) is 79.3 Å². The van der Waals surface area contributed by atoms with Crippen LogP contribution in [-0.2, 0) is 77.5 Å². The highest BCUT2D eigenvalue weighted by atomic mass is 31.2. The van der Waals surface area contributed by atoms with Crippen LogP contribution < -0.4 is 0 Å². The first-order valence-corrected chi connectivity index (χ1v) is 34.6. The standard InChI is InChI=1S/C47H101O23P5/c1-10-18-31-62-74(55,56)69-43(34-59-41-46(24-12-3,25-13-4)26-14-5)36-64-72(51,52)67-39-45(9,38-66-71(49,50)61-33-23-21-20-22-30-48)40-68-73(53,54)65-37-44(70-75(57,58)63-32-19-11-2)35-60-42-47(27-15-6,28-16-7)29-17-8/h43-44,48H,10-42H2,1-9H3,(H,49,50)(H,51,52)(H,53,54)(H,55,56)(H,57,58). The maximum absolute atomic E-state index is 13.5. The first-order valence-electron chi connectivity index (χ1n) is 27.2. The van der Waals surface area contributed by atoms with Crippen molar-refractivity contribution in [3.8, 4) is 0 Å². The van der Waals surface area contributed by atoms with Gasteiger partial charge in [-0.05, 0) is 75.0 Å². The third-order valence-corrected chi connectivity index (χ3v) is 17.0. The number of phosphoric acid groups is 5. The van der Waals surface area contributed by atoms with Crippen molar-refractivity contribution in [2.24, 2.45) is 16.2 Å². The number of aliphatic hydroxyl groups is 1. The van der Waals surface area contributed by atoms with Crippen LogP contribution in [0.2, 0.25) is 0 Å². The maximum atomic E-state index is 13.5. The Morgan fingerprint density at radius 2 is 0.667 bits per heavy atom. The van der Waals surface area contributed by atoms with Gasteiger partial charge in [0, 0.05) is 12.0 Å². The zero-order valence-corrected chi connectivity index (χ0v) is 51.3. The van der Waals surface area contributed by atoms with E-state index in [-0.39, 0.29) is 63.7 Å². The monoisotopic (exact) mass is 1190 g/mol. The van der Waals surface area contributed by atoms with E-state index in [9.17, 15) is 47.3 Å². The van der Waals surface area contributed by atoms with E-state index in [1.165, 1.54) is 6.92 Å². The van der Waals surface area contributed by atoms with Gasteiger partial charge >= 0.3 is 39.1 Å². The van der Waals surface area contributed by atoms with Crippen LogP contribution in [0.4, 0.5) is 0 Å².